The number of benzene rings is 2. The second kappa shape index (κ2) is 8.54. The van der Waals surface area contributed by atoms with Crippen molar-refractivity contribution in [3.8, 4) is 5.75 Å². The zero-order chi connectivity index (χ0) is 21.2. The second-order valence-electron chi connectivity index (χ2n) is 5.87. The Hall–Kier alpha value is -2.40. The molecule has 1 aromatic heterocycles. The third-order valence-electron chi connectivity index (χ3n) is 3.79. The monoisotopic (exact) mass is 446 g/mol. The Balaban J connectivity index is 1.84. The molecule has 1 heterocycles. The Morgan fingerprint density at radius 3 is 2.76 bits per heavy atom. The lowest BCUT2D eigenvalue weighted by molar-refractivity contribution is -0.137. The minimum Gasteiger partial charge on any atom is -0.507 e. The van der Waals surface area contributed by atoms with Crippen LogP contribution in [-0.2, 0) is 22.3 Å². The summed E-state index contributed by atoms with van der Waals surface area (Å²) in [6, 6.07) is 5.82. The van der Waals surface area contributed by atoms with Gasteiger partial charge in [-0.15, -0.1) is 0 Å². The number of rotatable bonds is 6. The van der Waals surface area contributed by atoms with Crippen LogP contribution >= 0.6 is 22.9 Å². The molecule has 0 unspecified atom stereocenters. The van der Waals surface area contributed by atoms with Crippen molar-refractivity contribution in [3.63, 3.8) is 0 Å². The molecule has 29 heavy (non-hydrogen) atoms. The molecule has 11 heteroatoms. The van der Waals surface area contributed by atoms with Crippen molar-refractivity contribution in [2.75, 3.05) is 19.2 Å². The Morgan fingerprint density at radius 1 is 1.31 bits per heavy atom. The van der Waals surface area contributed by atoms with Gasteiger partial charge in [0.1, 0.15) is 12.5 Å². The van der Waals surface area contributed by atoms with Gasteiger partial charge in [-0.1, -0.05) is 22.9 Å². The number of halogens is 4. The molecule has 0 aliphatic carbocycles. The number of nitrogens with zero attached hydrogens (tertiary/aromatic N) is 1. The molecule has 2 aromatic carbocycles. The van der Waals surface area contributed by atoms with Crippen LogP contribution in [0.3, 0.4) is 0 Å². The van der Waals surface area contributed by atoms with Crippen LogP contribution in [0.4, 0.5) is 18.3 Å². The predicted molar refractivity (Wildman–Crippen MR) is 102 cm³/mol. The molecule has 0 saturated heterocycles. The van der Waals surface area contributed by atoms with Crippen LogP contribution in [0.2, 0.25) is 5.02 Å². The van der Waals surface area contributed by atoms with Crippen molar-refractivity contribution in [2.45, 2.75) is 12.8 Å². The van der Waals surface area contributed by atoms with Crippen LogP contribution in [0, 0.1) is 0 Å². The SMILES string of the molecule is COCOCc1cc(Cl)cc(C(=O)Nc2nc3ccc(C(F)(F)F)cc3s2)c1O. The largest absolute Gasteiger partial charge is 0.507 e. The number of carbonyl (C=O) groups is 1. The second-order valence-corrected chi connectivity index (χ2v) is 7.34. The molecule has 0 atom stereocenters. The number of thiazole rings is 1. The molecule has 0 aliphatic heterocycles. The number of ether oxygens (including phenoxy) is 2. The number of aromatic nitrogens is 1. The van der Waals surface area contributed by atoms with Crippen LogP contribution in [0.1, 0.15) is 21.5 Å². The molecule has 2 N–H and O–H groups in total. The summed E-state index contributed by atoms with van der Waals surface area (Å²) in [4.78, 5) is 16.7. The molecule has 0 bridgehead atoms. The molecule has 0 aliphatic rings. The van der Waals surface area contributed by atoms with Gasteiger partial charge < -0.3 is 14.6 Å². The molecule has 0 saturated carbocycles. The van der Waals surface area contributed by atoms with E-state index in [9.17, 15) is 23.1 Å². The average molecular weight is 447 g/mol. The van der Waals surface area contributed by atoms with Gasteiger partial charge >= 0.3 is 6.18 Å². The molecule has 1 amide bonds. The van der Waals surface area contributed by atoms with Crippen molar-refractivity contribution in [1.82, 2.24) is 4.98 Å². The van der Waals surface area contributed by atoms with Crippen molar-refractivity contribution in [3.05, 3.63) is 52.0 Å². The van der Waals surface area contributed by atoms with Gasteiger partial charge in [0.2, 0.25) is 0 Å². The normalized spacial score (nSPS) is 11.8. The maximum atomic E-state index is 12.8. The number of alkyl halides is 3. The van der Waals surface area contributed by atoms with Crippen molar-refractivity contribution >= 4 is 44.2 Å². The average Bonchev–Trinajstić information content (AvgIpc) is 3.04. The molecule has 3 aromatic rings. The molecular weight excluding hydrogens is 433 g/mol. The lowest BCUT2D eigenvalue weighted by Gasteiger charge is -2.10. The number of hydrogen-bond acceptors (Lipinski definition) is 6. The first-order valence-corrected chi connectivity index (χ1v) is 9.25. The molecule has 0 spiro atoms. The fourth-order valence-corrected chi connectivity index (χ4v) is 3.63. The lowest BCUT2D eigenvalue weighted by Crippen LogP contribution is -2.13. The van der Waals surface area contributed by atoms with Gasteiger partial charge in [-0.05, 0) is 30.3 Å². The highest BCUT2D eigenvalue weighted by atomic mass is 35.5. The number of phenolic OH excluding ortho intramolecular Hbond substituents is 1. The summed E-state index contributed by atoms with van der Waals surface area (Å²) in [5.74, 6) is -1.04. The standard InChI is InChI=1S/C18H14ClF3N2O4S/c1-27-8-28-7-9-4-11(19)6-12(15(9)25)16(26)24-17-23-13-3-2-10(18(20,21)22)5-14(13)29-17/h2-6,25H,7-8H2,1H3,(H,23,24,26). The first-order valence-electron chi connectivity index (χ1n) is 8.06. The first kappa shape index (κ1) is 21.3. The molecular formula is C18H14ClF3N2O4S. The van der Waals surface area contributed by atoms with Crippen LogP contribution < -0.4 is 5.32 Å². The Morgan fingerprint density at radius 2 is 2.07 bits per heavy atom. The molecule has 154 valence electrons. The van der Waals surface area contributed by atoms with E-state index in [2.05, 4.69) is 10.3 Å². The van der Waals surface area contributed by atoms with Gasteiger partial charge in [0, 0.05) is 17.7 Å². The minimum absolute atomic E-state index is 0.0148. The van der Waals surface area contributed by atoms with Crippen LogP contribution in [0.5, 0.6) is 5.75 Å². The highest BCUT2D eigenvalue weighted by molar-refractivity contribution is 7.22. The summed E-state index contributed by atoms with van der Waals surface area (Å²) < 4.78 is 48.7. The maximum absolute atomic E-state index is 12.8. The summed E-state index contributed by atoms with van der Waals surface area (Å²) in [5.41, 5.74) is -0.343. The van der Waals surface area contributed by atoms with Crippen LogP contribution in [-0.4, -0.2) is 29.9 Å². The van der Waals surface area contributed by atoms with E-state index in [0.717, 1.165) is 23.5 Å². The number of anilines is 1. The Labute approximate surface area is 171 Å². The predicted octanol–water partition coefficient (Wildman–Crippen LogP) is 5.05. The van der Waals surface area contributed by atoms with E-state index < -0.39 is 17.6 Å². The Kier molecular flexibility index (Phi) is 6.27. The Bertz CT molecular complexity index is 1060. The van der Waals surface area contributed by atoms with E-state index in [1.54, 1.807) is 0 Å². The van der Waals surface area contributed by atoms with Crippen molar-refractivity contribution in [2.24, 2.45) is 0 Å². The summed E-state index contributed by atoms with van der Waals surface area (Å²) >= 11 is 6.89. The van der Waals surface area contributed by atoms with E-state index in [1.807, 2.05) is 0 Å². The van der Waals surface area contributed by atoms with Crippen LogP contribution in [0.25, 0.3) is 10.2 Å². The van der Waals surface area contributed by atoms with Crippen molar-refractivity contribution in [1.29, 1.82) is 0 Å². The summed E-state index contributed by atoms with van der Waals surface area (Å²) in [6.07, 6.45) is -4.48. The van der Waals surface area contributed by atoms with Crippen molar-refractivity contribution < 1.29 is 32.5 Å². The van der Waals surface area contributed by atoms with Gasteiger partial charge in [0.25, 0.3) is 5.91 Å². The van der Waals surface area contributed by atoms with E-state index in [1.165, 1.54) is 25.3 Å². The fraction of sp³-hybridized carbons (Fsp3) is 0.222. The van der Waals surface area contributed by atoms with Crippen LogP contribution in [0.15, 0.2) is 30.3 Å². The number of aromatic hydroxyl groups is 1. The van der Waals surface area contributed by atoms with Gasteiger partial charge in [-0.25, -0.2) is 4.98 Å². The van der Waals surface area contributed by atoms with E-state index in [0.29, 0.717) is 5.52 Å². The molecule has 0 radical (unpaired) electrons. The summed E-state index contributed by atoms with van der Waals surface area (Å²) in [6.45, 7) is -0.0546. The number of amides is 1. The summed E-state index contributed by atoms with van der Waals surface area (Å²) in [5, 5.41) is 13.1. The zero-order valence-corrected chi connectivity index (χ0v) is 16.4. The number of phenols is 1. The molecule has 0 fully saturated rings. The highest BCUT2D eigenvalue weighted by Gasteiger charge is 2.30. The van der Waals surface area contributed by atoms with Gasteiger partial charge in [-0.2, -0.15) is 13.2 Å². The quantitative estimate of drug-likeness (QED) is 0.409. The van der Waals surface area contributed by atoms with Gasteiger partial charge in [0.05, 0.1) is 28.0 Å². The maximum Gasteiger partial charge on any atom is 0.416 e. The minimum atomic E-state index is -4.48. The number of methoxy groups -OCH3 is 1. The van der Waals surface area contributed by atoms with E-state index in [-0.39, 0.29) is 45.1 Å². The topological polar surface area (TPSA) is 80.7 Å². The lowest BCUT2D eigenvalue weighted by atomic mass is 10.1. The van der Waals surface area contributed by atoms with E-state index >= 15 is 0 Å². The molecule has 3 rings (SSSR count). The van der Waals surface area contributed by atoms with Gasteiger partial charge in [-0.3, -0.25) is 10.1 Å². The third kappa shape index (κ3) is 4.96. The van der Waals surface area contributed by atoms with E-state index in [4.69, 9.17) is 21.1 Å². The fourth-order valence-electron chi connectivity index (χ4n) is 2.49. The molecule has 6 nitrogen and oxygen atoms in total. The number of fused-ring (bicyclic) bond motifs is 1. The number of nitrogens with one attached hydrogen (secondary N) is 1. The smallest absolute Gasteiger partial charge is 0.416 e. The summed E-state index contributed by atoms with van der Waals surface area (Å²) in [7, 11) is 1.44. The third-order valence-corrected chi connectivity index (χ3v) is 4.95. The number of carbonyl (C=O) groups excluding carboxylic acids is 1. The number of hydrogen-bond donors (Lipinski definition) is 2. The van der Waals surface area contributed by atoms with Gasteiger partial charge in [0.15, 0.2) is 5.13 Å². The highest BCUT2D eigenvalue weighted by Crippen LogP contribution is 2.35. The first-order chi connectivity index (χ1) is 13.7. The zero-order valence-electron chi connectivity index (χ0n) is 14.8.